The molecular formula is C13H15NO3. The molecule has 0 heterocycles. The lowest BCUT2D eigenvalue weighted by Crippen LogP contribution is -1.97. The molecule has 1 aromatic carbocycles. The Morgan fingerprint density at radius 2 is 2.06 bits per heavy atom. The van der Waals surface area contributed by atoms with Gasteiger partial charge in [0, 0.05) is 11.6 Å². The molecule has 0 aliphatic rings. The fraction of sp³-hybridized carbons (Fsp3) is 0.308. The topological polar surface area (TPSA) is 60.2 Å². The molecule has 0 saturated carbocycles. The molecule has 0 unspecified atom stereocenters. The van der Waals surface area contributed by atoms with Gasteiger partial charge in [-0.2, -0.15) is 0 Å². The second-order valence-electron chi connectivity index (χ2n) is 4.24. The summed E-state index contributed by atoms with van der Waals surface area (Å²) >= 11 is 0. The molecule has 1 rings (SSSR count). The normalized spacial score (nSPS) is 11.6. The molecular weight excluding hydrogens is 218 g/mol. The fourth-order valence-electron chi connectivity index (χ4n) is 1.59. The van der Waals surface area contributed by atoms with E-state index in [0.29, 0.717) is 16.7 Å². The van der Waals surface area contributed by atoms with Crippen molar-refractivity contribution in [3.8, 4) is 0 Å². The van der Waals surface area contributed by atoms with Crippen molar-refractivity contribution in [2.24, 2.45) is 0 Å². The third-order valence-corrected chi connectivity index (χ3v) is 2.45. The fourth-order valence-corrected chi connectivity index (χ4v) is 1.59. The third kappa shape index (κ3) is 3.24. The van der Waals surface area contributed by atoms with E-state index < -0.39 is 0 Å². The van der Waals surface area contributed by atoms with Gasteiger partial charge in [-0.15, -0.1) is 0 Å². The number of hydrogen-bond donors (Lipinski definition) is 0. The van der Waals surface area contributed by atoms with Crippen LogP contribution in [-0.4, -0.2) is 11.2 Å². The van der Waals surface area contributed by atoms with Gasteiger partial charge in [0.25, 0.3) is 5.69 Å². The SMILES string of the molecule is CC(C=O)=Cc1ccc(C(C)C)c([N+](=O)[O-])c1. The van der Waals surface area contributed by atoms with Gasteiger partial charge in [-0.3, -0.25) is 14.9 Å². The highest BCUT2D eigenvalue weighted by Gasteiger charge is 2.16. The Kier molecular flexibility index (Phi) is 4.15. The van der Waals surface area contributed by atoms with Crippen LogP contribution >= 0.6 is 0 Å². The Balaban J connectivity index is 3.28. The van der Waals surface area contributed by atoms with Gasteiger partial charge in [-0.25, -0.2) is 0 Å². The molecule has 4 heteroatoms. The van der Waals surface area contributed by atoms with Crippen molar-refractivity contribution in [2.45, 2.75) is 26.7 Å². The smallest absolute Gasteiger partial charge is 0.273 e. The number of hydrogen-bond acceptors (Lipinski definition) is 3. The van der Waals surface area contributed by atoms with Crippen LogP contribution in [0.15, 0.2) is 23.8 Å². The standard InChI is InChI=1S/C13H15NO3/c1-9(2)12-5-4-11(6-10(3)8-15)7-13(12)14(16)17/h4-9H,1-3H3. The third-order valence-electron chi connectivity index (χ3n) is 2.45. The van der Waals surface area contributed by atoms with Crippen LogP contribution in [0, 0.1) is 10.1 Å². The van der Waals surface area contributed by atoms with Crippen molar-refractivity contribution in [1.82, 2.24) is 0 Å². The Morgan fingerprint density at radius 1 is 1.41 bits per heavy atom. The van der Waals surface area contributed by atoms with Crippen LogP contribution in [0.25, 0.3) is 6.08 Å². The van der Waals surface area contributed by atoms with Gasteiger partial charge in [0.15, 0.2) is 0 Å². The minimum atomic E-state index is -0.386. The van der Waals surface area contributed by atoms with Gasteiger partial charge in [-0.1, -0.05) is 26.0 Å². The number of nitrogens with zero attached hydrogens (tertiary/aromatic N) is 1. The highest BCUT2D eigenvalue weighted by Crippen LogP contribution is 2.27. The molecule has 0 N–H and O–H groups in total. The number of aldehydes is 1. The van der Waals surface area contributed by atoms with Crippen LogP contribution in [-0.2, 0) is 4.79 Å². The van der Waals surface area contributed by atoms with E-state index in [1.165, 1.54) is 6.07 Å². The Labute approximate surface area is 100 Å². The lowest BCUT2D eigenvalue weighted by atomic mass is 9.99. The van der Waals surface area contributed by atoms with Crippen LogP contribution in [0.1, 0.15) is 37.8 Å². The molecule has 0 spiro atoms. The first-order chi connectivity index (χ1) is 7.95. The molecule has 0 aliphatic carbocycles. The molecule has 0 radical (unpaired) electrons. The molecule has 0 aliphatic heterocycles. The van der Waals surface area contributed by atoms with Crippen molar-refractivity contribution < 1.29 is 9.72 Å². The van der Waals surface area contributed by atoms with E-state index in [1.807, 2.05) is 13.8 Å². The van der Waals surface area contributed by atoms with E-state index in [9.17, 15) is 14.9 Å². The summed E-state index contributed by atoms with van der Waals surface area (Å²) in [6, 6.07) is 5.03. The van der Waals surface area contributed by atoms with E-state index in [-0.39, 0.29) is 16.5 Å². The summed E-state index contributed by atoms with van der Waals surface area (Å²) in [5.74, 6) is 0.0978. The number of carbonyl (C=O) groups excluding carboxylic acids is 1. The van der Waals surface area contributed by atoms with Crippen LogP contribution in [0.5, 0.6) is 0 Å². The Bertz CT molecular complexity index is 476. The van der Waals surface area contributed by atoms with Crippen molar-refractivity contribution >= 4 is 18.0 Å². The van der Waals surface area contributed by atoms with E-state index in [0.717, 1.165) is 6.29 Å². The van der Waals surface area contributed by atoms with Crippen molar-refractivity contribution in [3.05, 3.63) is 45.0 Å². The van der Waals surface area contributed by atoms with Gasteiger partial charge < -0.3 is 0 Å². The molecule has 0 fully saturated rings. The molecule has 0 atom stereocenters. The summed E-state index contributed by atoms with van der Waals surface area (Å²) in [6.45, 7) is 5.48. The average Bonchev–Trinajstić information content (AvgIpc) is 2.28. The molecule has 4 nitrogen and oxygen atoms in total. The maximum absolute atomic E-state index is 10.9. The minimum Gasteiger partial charge on any atom is -0.298 e. The van der Waals surface area contributed by atoms with E-state index in [4.69, 9.17) is 0 Å². The first-order valence-electron chi connectivity index (χ1n) is 5.37. The maximum Gasteiger partial charge on any atom is 0.273 e. The number of rotatable bonds is 4. The van der Waals surface area contributed by atoms with Crippen LogP contribution in [0.3, 0.4) is 0 Å². The predicted octanol–water partition coefficient (Wildman–Crippen LogP) is 3.32. The zero-order valence-corrected chi connectivity index (χ0v) is 10.1. The molecule has 0 saturated heterocycles. The zero-order valence-electron chi connectivity index (χ0n) is 10.1. The second kappa shape index (κ2) is 5.39. The molecule has 0 bridgehead atoms. The molecule has 0 amide bonds. The number of allylic oxidation sites excluding steroid dienone is 1. The number of nitro groups is 1. The summed E-state index contributed by atoms with van der Waals surface area (Å²) in [5, 5.41) is 10.9. The molecule has 1 aromatic rings. The number of nitro benzene ring substituents is 1. The van der Waals surface area contributed by atoms with E-state index >= 15 is 0 Å². The van der Waals surface area contributed by atoms with Crippen molar-refractivity contribution in [2.75, 3.05) is 0 Å². The highest BCUT2D eigenvalue weighted by atomic mass is 16.6. The number of carbonyl (C=O) groups is 1. The van der Waals surface area contributed by atoms with Crippen molar-refractivity contribution in [1.29, 1.82) is 0 Å². The summed E-state index contributed by atoms with van der Waals surface area (Å²) in [4.78, 5) is 21.1. The van der Waals surface area contributed by atoms with Gasteiger partial charge in [0.05, 0.1) is 4.92 Å². The summed E-state index contributed by atoms with van der Waals surface area (Å²) in [7, 11) is 0. The Morgan fingerprint density at radius 3 is 2.53 bits per heavy atom. The maximum atomic E-state index is 10.9. The number of benzene rings is 1. The van der Waals surface area contributed by atoms with E-state index in [2.05, 4.69) is 0 Å². The second-order valence-corrected chi connectivity index (χ2v) is 4.24. The van der Waals surface area contributed by atoms with Gasteiger partial charge in [0.1, 0.15) is 6.29 Å². The molecule has 0 aromatic heterocycles. The van der Waals surface area contributed by atoms with Gasteiger partial charge in [0.2, 0.25) is 0 Å². The minimum absolute atomic E-state index is 0.0978. The largest absolute Gasteiger partial charge is 0.298 e. The summed E-state index contributed by atoms with van der Waals surface area (Å²) in [5.41, 5.74) is 2.02. The van der Waals surface area contributed by atoms with E-state index in [1.54, 1.807) is 25.1 Å². The van der Waals surface area contributed by atoms with Crippen molar-refractivity contribution in [3.63, 3.8) is 0 Å². The summed E-state index contributed by atoms with van der Waals surface area (Å²) < 4.78 is 0. The van der Waals surface area contributed by atoms with Crippen LogP contribution < -0.4 is 0 Å². The predicted molar refractivity (Wildman–Crippen MR) is 66.9 cm³/mol. The first kappa shape index (κ1) is 13.1. The lowest BCUT2D eigenvalue weighted by molar-refractivity contribution is -0.385. The highest BCUT2D eigenvalue weighted by molar-refractivity contribution is 5.81. The lowest BCUT2D eigenvalue weighted by Gasteiger charge is -2.07. The zero-order chi connectivity index (χ0) is 13.0. The monoisotopic (exact) mass is 233 g/mol. The Hall–Kier alpha value is -1.97. The van der Waals surface area contributed by atoms with Gasteiger partial charge >= 0.3 is 0 Å². The van der Waals surface area contributed by atoms with Gasteiger partial charge in [-0.05, 0) is 30.1 Å². The quantitative estimate of drug-likeness (QED) is 0.347. The first-order valence-corrected chi connectivity index (χ1v) is 5.37. The van der Waals surface area contributed by atoms with Crippen LogP contribution in [0.2, 0.25) is 0 Å². The molecule has 90 valence electrons. The summed E-state index contributed by atoms with van der Waals surface area (Å²) in [6.07, 6.45) is 2.35. The van der Waals surface area contributed by atoms with Crippen LogP contribution in [0.4, 0.5) is 5.69 Å². The molecule has 17 heavy (non-hydrogen) atoms. The average molecular weight is 233 g/mol.